The SMILES string of the molecule is CC1(C)CC(=O)C2=C(C1)Nc1ccccc1N(C(=O)c1ccc(Br)cc1)C2c1cccnc1. The van der Waals surface area contributed by atoms with Crippen molar-refractivity contribution in [1.82, 2.24) is 4.98 Å². The second kappa shape index (κ2) is 8.27. The van der Waals surface area contributed by atoms with Gasteiger partial charge in [0.2, 0.25) is 0 Å². The second-order valence-electron chi connectivity index (χ2n) is 9.35. The molecule has 5 nitrogen and oxygen atoms in total. The molecule has 1 aliphatic carbocycles. The van der Waals surface area contributed by atoms with Crippen molar-refractivity contribution >= 4 is 39.0 Å². The Labute approximate surface area is 201 Å². The maximum atomic E-state index is 14.0. The van der Waals surface area contributed by atoms with Gasteiger partial charge in [-0.1, -0.05) is 48.0 Å². The Morgan fingerprint density at radius 1 is 1.06 bits per heavy atom. The van der Waals surface area contributed by atoms with Crippen LogP contribution in [0.15, 0.2) is 88.8 Å². The van der Waals surface area contributed by atoms with E-state index in [1.54, 1.807) is 29.4 Å². The first-order valence-corrected chi connectivity index (χ1v) is 11.7. The topological polar surface area (TPSA) is 62.3 Å². The van der Waals surface area contributed by atoms with Gasteiger partial charge < -0.3 is 5.32 Å². The van der Waals surface area contributed by atoms with Crippen LogP contribution in [-0.2, 0) is 4.79 Å². The van der Waals surface area contributed by atoms with E-state index in [9.17, 15) is 9.59 Å². The highest BCUT2D eigenvalue weighted by atomic mass is 79.9. The number of fused-ring (bicyclic) bond motifs is 1. The lowest BCUT2D eigenvalue weighted by atomic mass is 9.73. The van der Waals surface area contributed by atoms with Crippen LogP contribution in [0.3, 0.4) is 0 Å². The molecule has 2 heterocycles. The number of anilines is 2. The van der Waals surface area contributed by atoms with Crippen LogP contribution in [0.4, 0.5) is 11.4 Å². The van der Waals surface area contributed by atoms with Crippen molar-refractivity contribution in [2.75, 3.05) is 10.2 Å². The van der Waals surface area contributed by atoms with Gasteiger partial charge in [-0.15, -0.1) is 0 Å². The molecule has 1 unspecified atom stereocenters. The minimum atomic E-state index is -0.579. The molecule has 2 aromatic carbocycles. The summed E-state index contributed by atoms with van der Waals surface area (Å²) in [6, 6.07) is 18.3. The molecule has 1 amide bonds. The molecule has 0 radical (unpaired) electrons. The van der Waals surface area contributed by atoms with Crippen molar-refractivity contribution in [2.24, 2.45) is 5.41 Å². The number of pyridine rings is 1. The average Bonchev–Trinajstić information content (AvgIpc) is 2.93. The van der Waals surface area contributed by atoms with Crippen molar-refractivity contribution in [3.63, 3.8) is 0 Å². The monoisotopic (exact) mass is 501 g/mol. The van der Waals surface area contributed by atoms with E-state index in [0.29, 0.717) is 17.6 Å². The number of aromatic nitrogens is 1. The molecule has 0 saturated carbocycles. The van der Waals surface area contributed by atoms with Crippen LogP contribution in [-0.4, -0.2) is 16.7 Å². The zero-order valence-corrected chi connectivity index (χ0v) is 20.1. The highest BCUT2D eigenvalue weighted by Gasteiger charge is 2.43. The van der Waals surface area contributed by atoms with E-state index in [-0.39, 0.29) is 17.1 Å². The quantitative estimate of drug-likeness (QED) is 0.447. The molecular formula is C27H24BrN3O2. The van der Waals surface area contributed by atoms with Crippen molar-refractivity contribution in [3.8, 4) is 0 Å². The largest absolute Gasteiger partial charge is 0.357 e. The molecule has 0 fully saturated rings. The lowest BCUT2D eigenvalue weighted by molar-refractivity contribution is -0.118. The van der Waals surface area contributed by atoms with Gasteiger partial charge in [0.15, 0.2) is 5.78 Å². The van der Waals surface area contributed by atoms with Gasteiger partial charge in [-0.05, 0) is 59.9 Å². The van der Waals surface area contributed by atoms with E-state index in [1.165, 1.54) is 0 Å². The molecule has 5 rings (SSSR count). The first-order chi connectivity index (χ1) is 15.8. The molecule has 2 aliphatic rings. The first-order valence-electron chi connectivity index (χ1n) is 11.0. The molecule has 6 heteroatoms. The summed E-state index contributed by atoms with van der Waals surface area (Å²) in [5.41, 5.74) is 4.26. The lowest BCUT2D eigenvalue weighted by Gasteiger charge is -2.37. The minimum Gasteiger partial charge on any atom is -0.357 e. The summed E-state index contributed by atoms with van der Waals surface area (Å²) in [6.45, 7) is 4.22. The number of carbonyl (C=O) groups is 2. The van der Waals surface area contributed by atoms with Crippen molar-refractivity contribution < 1.29 is 9.59 Å². The maximum Gasteiger partial charge on any atom is 0.259 e. The highest BCUT2D eigenvalue weighted by molar-refractivity contribution is 9.10. The number of benzene rings is 2. The van der Waals surface area contributed by atoms with Crippen LogP contribution in [0.2, 0.25) is 0 Å². The van der Waals surface area contributed by atoms with Gasteiger partial charge in [-0.25, -0.2) is 0 Å². The van der Waals surface area contributed by atoms with Crippen LogP contribution in [0, 0.1) is 5.41 Å². The minimum absolute atomic E-state index is 0.0593. The van der Waals surface area contributed by atoms with Gasteiger partial charge in [-0.3, -0.25) is 19.5 Å². The number of para-hydroxylation sites is 2. The Morgan fingerprint density at radius 3 is 2.55 bits per heavy atom. The lowest BCUT2D eigenvalue weighted by Crippen LogP contribution is -2.39. The molecule has 0 saturated heterocycles. The van der Waals surface area contributed by atoms with Gasteiger partial charge in [0, 0.05) is 40.1 Å². The number of Topliss-reactive ketones (excluding diaryl/α,β-unsaturated/α-hetero) is 1. The number of hydrogen-bond acceptors (Lipinski definition) is 4. The number of ketones is 1. The number of allylic oxidation sites excluding steroid dienone is 1. The third kappa shape index (κ3) is 4.00. The molecule has 0 bridgehead atoms. The van der Waals surface area contributed by atoms with Gasteiger partial charge in [0.25, 0.3) is 5.91 Å². The van der Waals surface area contributed by atoms with Gasteiger partial charge in [0.1, 0.15) is 0 Å². The Kier molecular flexibility index (Phi) is 5.41. The Morgan fingerprint density at radius 2 is 1.82 bits per heavy atom. The fourth-order valence-electron chi connectivity index (χ4n) is 4.80. The Balaban J connectivity index is 1.78. The predicted molar refractivity (Wildman–Crippen MR) is 133 cm³/mol. The van der Waals surface area contributed by atoms with Crippen molar-refractivity contribution in [1.29, 1.82) is 0 Å². The van der Waals surface area contributed by atoms with Gasteiger partial charge in [0.05, 0.1) is 17.4 Å². The fourth-order valence-corrected chi connectivity index (χ4v) is 5.06. The summed E-state index contributed by atoms with van der Waals surface area (Å²) in [4.78, 5) is 33.7. The number of rotatable bonds is 2. The number of hydrogen-bond donors (Lipinski definition) is 1. The van der Waals surface area contributed by atoms with E-state index in [2.05, 4.69) is 40.1 Å². The first kappa shape index (κ1) is 21.6. The summed E-state index contributed by atoms with van der Waals surface area (Å²) in [6.07, 6.45) is 4.60. The number of amides is 1. The van der Waals surface area contributed by atoms with E-state index >= 15 is 0 Å². The van der Waals surface area contributed by atoms with Crippen molar-refractivity contribution in [3.05, 3.63) is 99.9 Å². The molecule has 33 heavy (non-hydrogen) atoms. The second-order valence-corrected chi connectivity index (χ2v) is 10.3. The third-order valence-corrected chi connectivity index (χ3v) is 6.74. The zero-order valence-electron chi connectivity index (χ0n) is 18.5. The molecule has 3 aromatic rings. The molecule has 1 aliphatic heterocycles. The van der Waals surface area contributed by atoms with Gasteiger partial charge in [-0.2, -0.15) is 0 Å². The zero-order chi connectivity index (χ0) is 23.2. The number of halogens is 1. The van der Waals surface area contributed by atoms with E-state index in [1.807, 2.05) is 48.5 Å². The summed E-state index contributed by atoms with van der Waals surface area (Å²) < 4.78 is 0.899. The normalized spacial score (nSPS) is 19.3. The molecule has 1 atom stereocenters. The molecule has 1 N–H and O–H groups in total. The molecule has 0 spiro atoms. The molecular weight excluding hydrogens is 478 g/mol. The molecule has 166 valence electrons. The van der Waals surface area contributed by atoms with Crippen LogP contribution in [0.5, 0.6) is 0 Å². The van der Waals surface area contributed by atoms with Crippen LogP contribution < -0.4 is 10.2 Å². The average molecular weight is 502 g/mol. The number of nitrogens with one attached hydrogen (secondary N) is 1. The molecule has 1 aromatic heterocycles. The smallest absolute Gasteiger partial charge is 0.259 e. The van der Waals surface area contributed by atoms with Crippen LogP contribution >= 0.6 is 15.9 Å². The van der Waals surface area contributed by atoms with E-state index < -0.39 is 6.04 Å². The van der Waals surface area contributed by atoms with E-state index in [0.717, 1.165) is 33.5 Å². The van der Waals surface area contributed by atoms with Gasteiger partial charge >= 0.3 is 0 Å². The summed E-state index contributed by atoms with van der Waals surface area (Å²) in [7, 11) is 0. The maximum absolute atomic E-state index is 14.0. The van der Waals surface area contributed by atoms with Crippen molar-refractivity contribution in [2.45, 2.75) is 32.7 Å². The summed E-state index contributed by atoms with van der Waals surface area (Å²) in [5.74, 6) is -0.110. The Bertz CT molecular complexity index is 1270. The third-order valence-electron chi connectivity index (χ3n) is 6.21. The highest BCUT2D eigenvalue weighted by Crippen LogP contribution is 2.48. The standard InChI is InChI=1S/C27H24BrN3O2/c1-27(2)14-21-24(23(32)15-27)25(18-6-5-13-29-16-18)31(22-8-4-3-7-20(22)30-21)26(33)17-9-11-19(28)12-10-17/h3-13,16,25,30H,14-15H2,1-2H3. The van der Waals surface area contributed by atoms with E-state index in [4.69, 9.17) is 0 Å². The Hall–Kier alpha value is -3.25. The van der Waals surface area contributed by atoms with Crippen LogP contribution in [0.25, 0.3) is 0 Å². The number of nitrogens with zero attached hydrogens (tertiary/aromatic N) is 2. The summed E-state index contributed by atoms with van der Waals surface area (Å²) in [5, 5.41) is 3.53. The number of carbonyl (C=O) groups excluding carboxylic acids is 2. The predicted octanol–water partition coefficient (Wildman–Crippen LogP) is 6.30. The fraction of sp³-hybridized carbons (Fsp3) is 0.222. The van der Waals surface area contributed by atoms with Crippen LogP contribution in [0.1, 0.15) is 48.7 Å². The summed E-state index contributed by atoms with van der Waals surface area (Å²) >= 11 is 3.45.